The fourth-order valence-corrected chi connectivity index (χ4v) is 8.57. The Bertz CT molecular complexity index is 2560. The van der Waals surface area contributed by atoms with Gasteiger partial charge in [-0.2, -0.15) is 0 Å². The quantitative estimate of drug-likeness (QED) is 0.0923. The fraction of sp³-hybridized carbons (Fsp3) is 0.259. The van der Waals surface area contributed by atoms with Crippen molar-refractivity contribution in [2.24, 2.45) is 5.92 Å². The van der Waals surface area contributed by atoms with Gasteiger partial charge in [0.15, 0.2) is 0 Å². The van der Waals surface area contributed by atoms with Crippen molar-refractivity contribution in [3.63, 3.8) is 0 Å². The van der Waals surface area contributed by atoms with Crippen molar-refractivity contribution in [1.82, 2.24) is 4.90 Å². The van der Waals surface area contributed by atoms with Gasteiger partial charge in [0.2, 0.25) is 0 Å². The van der Waals surface area contributed by atoms with Crippen molar-refractivity contribution in [2.75, 3.05) is 6.54 Å². The minimum Gasteiger partial charge on any atom is -0.274 e. The molecule has 0 saturated carbocycles. The smallest absolute Gasteiger partial charge is 0.261 e. The molecule has 1 atom stereocenters. The molecule has 1 unspecified atom stereocenters. The Morgan fingerprint density at radius 3 is 1.86 bits per heavy atom. The number of nitrogens with zero attached hydrogens (tertiary/aromatic N) is 1. The van der Waals surface area contributed by atoms with Crippen LogP contribution in [0.4, 0.5) is 0 Å². The molecule has 1 aliphatic rings. The molecule has 57 heavy (non-hydrogen) atoms. The van der Waals surface area contributed by atoms with Gasteiger partial charge in [-0.1, -0.05) is 143 Å². The number of hydrogen-bond donors (Lipinski definition) is 0. The van der Waals surface area contributed by atoms with Gasteiger partial charge in [0.1, 0.15) is 0 Å². The van der Waals surface area contributed by atoms with E-state index in [1.54, 1.807) is 4.90 Å². The van der Waals surface area contributed by atoms with E-state index in [0.717, 1.165) is 114 Å². The molecule has 0 N–H and O–H groups in total. The molecule has 0 fully saturated rings. The molecule has 3 heteroatoms. The first kappa shape index (κ1) is 39.3. The number of terminal acetylenes is 1. The lowest BCUT2D eigenvalue weighted by atomic mass is 9.76. The summed E-state index contributed by atoms with van der Waals surface area (Å²) in [6.45, 7) is 19.6. The highest BCUT2D eigenvalue weighted by atomic mass is 16.2. The van der Waals surface area contributed by atoms with E-state index in [1.165, 1.54) is 0 Å². The Hall–Kier alpha value is -5.98. The summed E-state index contributed by atoms with van der Waals surface area (Å²) < 4.78 is 0. The van der Waals surface area contributed by atoms with Crippen LogP contribution in [-0.2, 0) is 0 Å². The third-order valence-corrected chi connectivity index (χ3v) is 11.9. The van der Waals surface area contributed by atoms with Gasteiger partial charge in [0, 0.05) is 28.6 Å². The lowest BCUT2D eigenvalue weighted by Crippen LogP contribution is -2.43. The maximum absolute atomic E-state index is 15.0. The van der Waals surface area contributed by atoms with Crippen LogP contribution in [-0.4, -0.2) is 23.3 Å². The fourth-order valence-electron chi connectivity index (χ4n) is 8.57. The van der Waals surface area contributed by atoms with E-state index in [2.05, 4.69) is 145 Å². The number of carbonyl (C=O) groups excluding carboxylic acids is 2. The molecular formula is C54H53NO2. The zero-order valence-electron chi connectivity index (χ0n) is 34.6. The van der Waals surface area contributed by atoms with Crippen molar-refractivity contribution in [2.45, 2.75) is 80.1 Å². The SMILES string of the molecule is C#Cc1ccc(-c2cc3c4c(cc(-c5ccc(C)cc5)c(-c5cc(-c6ccc(C(=C)C)cc6)ccc5C)c4c2C(C)C)C(=O)N(CC(CC)CCCC)C3=O)cc1. The molecule has 3 nitrogen and oxygen atoms in total. The van der Waals surface area contributed by atoms with Crippen molar-refractivity contribution >= 4 is 28.2 Å². The molecule has 1 aliphatic heterocycles. The van der Waals surface area contributed by atoms with Crippen molar-refractivity contribution in [1.29, 1.82) is 0 Å². The molecule has 0 aromatic heterocycles. The summed E-state index contributed by atoms with van der Waals surface area (Å²) in [6, 6.07) is 36.0. The van der Waals surface area contributed by atoms with Crippen LogP contribution in [0, 0.1) is 32.1 Å². The molecule has 6 aromatic carbocycles. The minimum atomic E-state index is -0.221. The molecule has 7 rings (SSSR count). The molecule has 0 spiro atoms. The zero-order chi connectivity index (χ0) is 40.5. The standard InChI is InChI=1S/C54H53NO2/c1-10-13-14-38(12-3)32-55-53(56)47-30-45(42-23-18-37(11-2)19-24-42)49(34(6)7)52-50(46(31-48(51(47)52)54(55)57)41-20-15-35(8)16-21-41)44-29-43(22-17-36(44)9)40-27-25-39(26-28-40)33(4)5/h2,15-31,34,38H,4,10,12-14,32H2,1,3,5-9H3. The van der Waals surface area contributed by atoms with Gasteiger partial charge in [-0.3, -0.25) is 14.5 Å². The number of imide groups is 1. The summed E-state index contributed by atoms with van der Waals surface area (Å²) in [7, 11) is 0. The Balaban J connectivity index is 1.62. The minimum absolute atomic E-state index is 0.0427. The van der Waals surface area contributed by atoms with Crippen LogP contribution in [0.25, 0.3) is 60.9 Å². The first-order valence-corrected chi connectivity index (χ1v) is 20.5. The predicted molar refractivity (Wildman–Crippen MR) is 241 cm³/mol. The number of rotatable bonds is 12. The maximum atomic E-state index is 15.0. The second kappa shape index (κ2) is 16.2. The Morgan fingerprint density at radius 2 is 1.28 bits per heavy atom. The largest absolute Gasteiger partial charge is 0.274 e. The lowest BCUT2D eigenvalue weighted by molar-refractivity contribution is 0.0580. The molecule has 1 heterocycles. The Labute approximate surface area is 339 Å². The first-order chi connectivity index (χ1) is 27.4. The lowest BCUT2D eigenvalue weighted by Gasteiger charge is -2.33. The number of carbonyl (C=O) groups is 2. The van der Waals surface area contributed by atoms with Gasteiger partial charge in [-0.25, -0.2) is 0 Å². The van der Waals surface area contributed by atoms with Crippen LogP contribution >= 0.6 is 0 Å². The number of hydrogen-bond acceptors (Lipinski definition) is 2. The number of aryl methyl sites for hydroxylation is 2. The molecule has 6 aromatic rings. The van der Waals surface area contributed by atoms with Gasteiger partial charge >= 0.3 is 0 Å². The summed E-state index contributed by atoms with van der Waals surface area (Å²) in [6.07, 6.45) is 9.82. The van der Waals surface area contributed by atoms with Gasteiger partial charge in [0.25, 0.3) is 11.8 Å². The van der Waals surface area contributed by atoms with E-state index in [0.29, 0.717) is 17.7 Å². The third-order valence-electron chi connectivity index (χ3n) is 11.9. The highest BCUT2D eigenvalue weighted by Gasteiger charge is 2.38. The second-order valence-corrected chi connectivity index (χ2v) is 16.2. The number of unbranched alkanes of at least 4 members (excludes halogenated alkanes) is 1. The molecule has 0 radical (unpaired) electrons. The predicted octanol–water partition coefficient (Wildman–Crippen LogP) is 14.1. The van der Waals surface area contributed by atoms with Crippen molar-refractivity contribution in [3.8, 4) is 56.9 Å². The zero-order valence-corrected chi connectivity index (χ0v) is 34.6. The maximum Gasteiger partial charge on any atom is 0.261 e. The summed E-state index contributed by atoms with van der Waals surface area (Å²) >= 11 is 0. The second-order valence-electron chi connectivity index (χ2n) is 16.2. The number of allylic oxidation sites excluding steroid dienone is 1. The highest BCUT2D eigenvalue weighted by Crippen LogP contribution is 2.50. The Morgan fingerprint density at radius 1 is 0.702 bits per heavy atom. The first-order valence-electron chi connectivity index (χ1n) is 20.5. The van der Waals surface area contributed by atoms with Crippen LogP contribution in [0.1, 0.15) is 115 Å². The van der Waals surface area contributed by atoms with Crippen molar-refractivity contribution < 1.29 is 9.59 Å². The molecule has 0 bridgehead atoms. The van der Waals surface area contributed by atoms with E-state index >= 15 is 0 Å². The van der Waals surface area contributed by atoms with Gasteiger partial charge in [-0.15, -0.1) is 6.42 Å². The van der Waals surface area contributed by atoms with Gasteiger partial charge < -0.3 is 0 Å². The van der Waals surface area contributed by atoms with E-state index in [9.17, 15) is 9.59 Å². The highest BCUT2D eigenvalue weighted by molar-refractivity contribution is 6.30. The monoisotopic (exact) mass is 747 g/mol. The van der Waals surface area contributed by atoms with Gasteiger partial charge in [0.05, 0.1) is 0 Å². The molecule has 286 valence electrons. The topological polar surface area (TPSA) is 37.4 Å². The number of amides is 2. The van der Waals surface area contributed by atoms with Crippen LogP contribution in [0.3, 0.4) is 0 Å². The van der Waals surface area contributed by atoms with Crippen LogP contribution in [0.15, 0.2) is 110 Å². The third kappa shape index (κ3) is 7.38. The summed E-state index contributed by atoms with van der Waals surface area (Å²) in [5.41, 5.74) is 15.7. The van der Waals surface area contributed by atoms with E-state index in [-0.39, 0.29) is 23.7 Å². The normalized spacial score (nSPS) is 13.0. The van der Waals surface area contributed by atoms with Crippen LogP contribution < -0.4 is 0 Å². The van der Waals surface area contributed by atoms with E-state index < -0.39 is 0 Å². The molecular weight excluding hydrogens is 695 g/mol. The summed E-state index contributed by atoms with van der Waals surface area (Å²) in [4.78, 5) is 31.5. The molecule has 0 saturated heterocycles. The average Bonchev–Trinajstić information content (AvgIpc) is 3.22. The average molecular weight is 748 g/mol. The Kier molecular flexibility index (Phi) is 11.2. The van der Waals surface area contributed by atoms with Crippen molar-refractivity contribution in [3.05, 3.63) is 149 Å². The number of benzene rings is 6. The van der Waals surface area contributed by atoms with Crippen LogP contribution in [0.5, 0.6) is 0 Å². The van der Waals surface area contributed by atoms with E-state index in [1.807, 2.05) is 19.1 Å². The molecule has 0 aliphatic carbocycles. The van der Waals surface area contributed by atoms with E-state index in [4.69, 9.17) is 6.42 Å². The summed E-state index contributed by atoms with van der Waals surface area (Å²) in [5, 5.41) is 1.71. The van der Waals surface area contributed by atoms with Crippen LogP contribution in [0.2, 0.25) is 0 Å². The van der Waals surface area contributed by atoms with Gasteiger partial charge in [-0.05, 0) is 136 Å². The summed E-state index contributed by atoms with van der Waals surface area (Å²) in [5.74, 6) is 2.60. The molecule has 2 amide bonds.